The molecule has 1 unspecified atom stereocenters. The van der Waals surface area contributed by atoms with E-state index in [1.807, 2.05) is 0 Å². The van der Waals surface area contributed by atoms with Crippen LogP contribution in [0.1, 0.15) is 24.0 Å². The van der Waals surface area contributed by atoms with E-state index in [4.69, 9.17) is 4.42 Å². The molecule has 2 N–H and O–H groups in total. The molecule has 120 valence electrons. The molecule has 2 aromatic rings. The quantitative estimate of drug-likeness (QED) is 0.882. The summed E-state index contributed by atoms with van der Waals surface area (Å²) in [6.07, 6.45) is 0. The maximum absolute atomic E-state index is 13.1. The Hall–Kier alpha value is -1.70. The fourth-order valence-electron chi connectivity index (χ4n) is 2.21. The molecule has 2 rings (SSSR count). The number of hydrogen-bond acceptors (Lipinski definition) is 4. The van der Waals surface area contributed by atoms with Crippen molar-refractivity contribution in [2.45, 2.75) is 31.3 Å². The third kappa shape index (κ3) is 3.55. The Bertz CT molecular complexity index is 781. The molecule has 7 heteroatoms. The smallest absolute Gasteiger partial charge is 0.240 e. The molecule has 0 saturated carbocycles. The first-order valence-corrected chi connectivity index (χ1v) is 8.15. The highest BCUT2D eigenvalue weighted by molar-refractivity contribution is 7.89. The number of aliphatic hydroxyl groups is 1. The van der Waals surface area contributed by atoms with Crippen LogP contribution in [0.4, 0.5) is 4.39 Å². The van der Waals surface area contributed by atoms with Crippen LogP contribution in [0, 0.1) is 19.7 Å². The summed E-state index contributed by atoms with van der Waals surface area (Å²) in [6, 6.07) is 6.34. The van der Waals surface area contributed by atoms with Crippen LogP contribution < -0.4 is 4.72 Å². The van der Waals surface area contributed by atoms with E-state index in [-0.39, 0.29) is 11.4 Å². The molecule has 22 heavy (non-hydrogen) atoms. The number of hydrogen-bond donors (Lipinski definition) is 2. The molecule has 0 amide bonds. The van der Waals surface area contributed by atoms with Crippen LogP contribution in [0.25, 0.3) is 0 Å². The van der Waals surface area contributed by atoms with E-state index >= 15 is 0 Å². The van der Waals surface area contributed by atoms with Crippen LogP contribution in [0.2, 0.25) is 0 Å². The second-order valence-corrected chi connectivity index (χ2v) is 7.15. The third-order valence-corrected chi connectivity index (χ3v) is 4.73. The first-order chi connectivity index (χ1) is 10.1. The first-order valence-electron chi connectivity index (χ1n) is 6.67. The van der Waals surface area contributed by atoms with Gasteiger partial charge in [-0.1, -0.05) is 6.07 Å². The van der Waals surface area contributed by atoms with Crippen molar-refractivity contribution in [3.8, 4) is 0 Å². The van der Waals surface area contributed by atoms with Gasteiger partial charge in [0.25, 0.3) is 0 Å². The Morgan fingerprint density at radius 1 is 1.32 bits per heavy atom. The summed E-state index contributed by atoms with van der Waals surface area (Å²) in [4.78, 5) is -0.191. The number of rotatable bonds is 5. The van der Waals surface area contributed by atoms with E-state index in [0.717, 1.165) is 12.1 Å². The van der Waals surface area contributed by atoms with Crippen LogP contribution in [0.15, 0.2) is 39.6 Å². The van der Waals surface area contributed by atoms with Gasteiger partial charge in [0.2, 0.25) is 10.0 Å². The predicted molar refractivity (Wildman–Crippen MR) is 79.3 cm³/mol. The molecule has 1 aromatic carbocycles. The molecule has 1 heterocycles. The average Bonchev–Trinajstić information content (AvgIpc) is 2.77. The van der Waals surface area contributed by atoms with Gasteiger partial charge in [-0.25, -0.2) is 17.5 Å². The first kappa shape index (κ1) is 16.7. The summed E-state index contributed by atoms with van der Waals surface area (Å²) in [5.41, 5.74) is -0.936. The van der Waals surface area contributed by atoms with Gasteiger partial charge in [-0.2, -0.15) is 0 Å². The number of furan rings is 1. The standard InChI is InChI=1S/C15H18FNO4S/c1-10-7-14(11(2)21-10)15(3,18)9-17-22(19,20)13-6-4-5-12(16)8-13/h4-8,17-18H,9H2,1-3H3. The van der Waals surface area contributed by atoms with Crippen LogP contribution in [-0.2, 0) is 15.6 Å². The Labute approximate surface area is 128 Å². The van der Waals surface area contributed by atoms with Crippen molar-refractivity contribution in [1.82, 2.24) is 4.72 Å². The lowest BCUT2D eigenvalue weighted by atomic mass is 9.97. The summed E-state index contributed by atoms with van der Waals surface area (Å²) < 4.78 is 45.1. The zero-order chi connectivity index (χ0) is 16.5. The number of nitrogens with one attached hydrogen (secondary N) is 1. The molecular formula is C15H18FNO4S. The predicted octanol–water partition coefficient (Wildman–Crippen LogP) is 2.22. The molecule has 1 atom stereocenters. The number of aryl methyl sites for hydroxylation is 2. The van der Waals surface area contributed by atoms with E-state index < -0.39 is 21.4 Å². The molecule has 0 bridgehead atoms. The van der Waals surface area contributed by atoms with Crippen molar-refractivity contribution in [1.29, 1.82) is 0 Å². The molecule has 0 saturated heterocycles. The van der Waals surface area contributed by atoms with Crippen molar-refractivity contribution in [3.63, 3.8) is 0 Å². The molecular weight excluding hydrogens is 309 g/mol. The van der Waals surface area contributed by atoms with E-state index in [1.54, 1.807) is 19.9 Å². The van der Waals surface area contributed by atoms with Gasteiger partial charge < -0.3 is 9.52 Å². The van der Waals surface area contributed by atoms with Crippen molar-refractivity contribution >= 4 is 10.0 Å². The van der Waals surface area contributed by atoms with E-state index in [0.29, 0.717) is 17.1 Å². The zero-order valence-corrected chi connectivity index (χ0v) is 13.4. The summed E-state index contributed by atoms with van der Waals surface area (Å²) >= 11 is 0. The Kier molecular flexibility index (Phi) is 4.42. The third-order valence-electron chi connectivity index (χ3n) is 3.33. The maximum atomic E-state index is 13.1. The van der Waals surface area contributed by atoms with Crippen molar-refractivity contribution in [2.75, 3.05) is 6.54 Å². The Morgan fingerprint density at radius 2 is 2.00 bits per heavy atom. The van der Waals surface area contributed by atoms with Crippen molar-refractivity contribution in [2.24, 2.45) is 0 Å². The lowest BCUT2D eigenvalue weighted by Gasteiger charge is -2.23. The summed E-state index contributed by atoms with van der Waals surface area (Å²) in [5.74, 6) is 0.504. The van der Waals surface area contributed by atoms with Gasteiger partial charge in [0.15, 0.2) is 0 Å². The zero-order valence-electron chi connectivity index (χ0n) is 12.6. The van der Waals surface area contributed by atoms with Crippen molar-refractivity contribution < 1.29 is 22.3 Å². The minimum absolute atomic E-state index is 0.191. The maximum Gasteiger partial charge on any atom is 0.240 e. The topological polar surface area (TPSA) is 79.5 Å². The fourth-order valence-corrected chi connectivity index (χ4v) is 3.38. The van der Waals surface area contributed by atoms with Gasteiger partial charge in [-0.15, -0.1) is 0 Å². The minimum Gasteiger partial charge on any atom is -0.466 e. The highest BCUT2D eigenvalue weighted by atomic mass is 32.2. The molecule has 1 aromatic heterocycles. The fraction of sp³-hybridized carbons (Fsp3) is 0.333. The lowest BCUT2D eigenvalue weighted by molar-refractivity contribution is 0.0612. The van der Waals surface area contributed by atoms with Gasteiger partial charge in [0.05, 0.1) is 4.90 Å². The average molecular weight is 327 g/mol. The van der Waals surface area contributed by atoms with E-state index in [2.05, 4.69) is 4.72 Å². The second-order valence-electron chi connectivity index (χ2n) is 5.38. The summed E-state index contributed by atoms with van der Waals surface area (Å²) in [7, 11) is -3.91. The van der Waals surface area contributed by atoms with Gasteiger partial charge in [0.1, 0.15) is 22.9 Å². The van der Waals surface area contributed by atoms with Crippen LogP contribution in [0.3, 0.4) is 0 Å². The monoisotopic (exact) mass is 327 g/mol. The normalized spacial score (nSPS) is 14.8. The van der Waals surface area contributed by atoms with Crippen LogP contribution in [0.5, 0.6) is 0 Å². The van der Waals surface area contributed by atoms with Crippen molar-refractivity contribution in [3.05, 3.63) is 53.2 Å². The van der Waals surface area contributed by atoms with E-state index in [1.165, 1.54) is 19.1 Å². The highest BCUT2D eigenvalue weighted by Crippen LogP contribution is 2.26. The Morgan fingerprint density at radius 3 is 2.55 bits per heavy atom. The lowest BCUT2D eigenvalue weighted by Crippen LogP contribution is -2.38. The van der Waals surface area contributed by atoms with Gasteiger partial charge >= 0.3 is 0 Å². The molecule has 0 radical (unpaired) electrons. The van der Waals surface area contributed by atoms with Gasteiger partial charge in [-0.05, 0) is 45.0 Å². The molecule has 0 aliphatic carbocycles. The molecule has 0 aliphatic rings. The van der Waals surface area contributed by atoms with Crippen LogP contribution >= 0.6 is 0 Å². The van der Waals surface area contributed by atoms with Crippen LogP contribution in [-0.4, -0.2) is 20.1 Å². The number of sulfonamides is 1. The molecule has 0 aliphatic heterocycles. The SMILES string of the molecule is Cc1cc(C(C)(O)CNS(=O)(=O)c2cccc(F)c2)c(C)o1. The molecule has 0 spiro atoms. The molecule has 5 nitrogen and oxygen atoms in total. The minimum atomic E-state index is -3.91. The van der Waals surface area contributed by atoms with Gasteiger partial charge in [0, 0.05) is 12.1 Å². The second kappa shape index (κ2) is 5.83. The van der Waals surface area contributed by atoms with E-state index in [9.17, 15) is 17.9 Å². The summed E-state index contributed by atoms with van der Waals surface area (Å²) in [5, 5.41) is 10.5. The number of benzene rings is 1. The van der Waals surface area contributed by atoms with Gasteiger partial charge in [-0.3, -0.25) is 0 Å². The summed E-state index contributed by atoms with van der Waals surface area (Å²) in [6.45, 7) is 4.66. The highest BCUT2D eigenvalue weighted by Gasteiger charge is 2.29. The Balaban J connectivity index is 2.19. The molecule has 0 fully saturated rings. The largest absolute Gasteiger partial charge is 0.466 e. The number of halogens is 1.